The number of rotatable bonds is 7. The molecule has 1 atom stereocenters. The van der Waals surface area contributed by atoms with Gasteiger partial charge in [0, 0.05) is 18.1 Å². The van der Waals surface area contributed by atoms with Crippen molar-refractivity contribution in [3.05, 3.63) is 35.4 Å². The number of aryl methyl sites for hydroxylation is 1. The number of hydrogen-bond donors (Lipinski definition) is 0. The first kappa shape index (κ1) is 17.3. The third kappa shape index (κ3) is 4.11. The van der Waals surface area contributed by atoms with Crippen molar-refractivity contribution in [1.82, 2.24) is 14.5 Å². The van der Waals surface area contributed by atoms with Gasteiger partial charge in [-0.05, 0) is 45.7 Å². The fourth-order valence-corrected chi connectivity index (χ4v) is 3.84. The largest absolute Gasteiger partial charge is 0.492 e. The molecule has 1 fully saturated rings. The maximum absolute atomic E-state index is 5.79. The van der Waals surface area contributed by atoms with E-state index in [1.165, 1.54) is 5.69 Å². The Morgan fingerprint density at radius 1 is 1.38 bits per heavy atom. The lowest BCUT2D eigenvalue weighted by Crippen LogP contribution is -2.16. The molecule has 1 saturated heterocycles. The third-order valence-corrected chi connectivity index (χ3v) is 5.30. The van der Waals surface area contributed by atoms with Gasteiger partial charge in [-0.25, -0.2) is 4.98 Å². The van der Waals surface area contributed by atoms with Gasteiger partial charge in [0.2, 0.25) is 0 Å². The van der Waals surface area contributed by atoms with Gasteiger partial charge in [-0.3, -0.25) is 4.98 Å². The normalized spacial score (nSPS) is 17.4. The lowest BCUT2D eigenvalue weighted by molar-refractivity contribution is 0.0945. The number of imidazole rings is 1. The van der Waals surface area contributed by atoms with Crippen molar-refractivity contribution < 1.29 is 9.47 Å². The predicted molar refractivity (Wildman–Crippen MR) is 95.6 cm³/mol. The van der Waals surface area contributed by atoms with E-state index >= 15 is 0 Å². The number of pyridine rings is 1. The van der Waals surface area contributed by atoms with Crippen LogP contribution in [0.25, 0.3) is 0 Å². The zero-order valence-corrected chi connectivity index (χ0v) is 15.4. The molecule has 0 bridgehead atoms. The minimum absolute atomic E-state index is 0.320. The molecule has 0 unspecified atom stereocenters. The van der Waals surface area contributed by atoms with Crippen molar-refractivity contribution in [2.24, 2.45) is 0 Å². The Labute approximate surface area is 147 Å². The molecule has 6 heteroatoms. The molecule has 0 spiro atoms. The summed E-state index contributed by atoms with van der Waals surface area (Å²) in [7, 11) is 0. The number of nitrogens with zero attached hydrogens (tertiary/aromatic N) is 3. The molecule has 0 aromatic carbocycles. The van der Waals surface area contributed by atoms with E-state index in [9.17, 15) is 0 Å². The van der Waals surface area contributed by atoms with Gasteiger partial charge >= 0.3 is 0 Å². The fraction of sp³-hybridized carbons (Fsp3) is 0.556. The molecule has 1 aliphatic heterocycles. The Kier molecular flexibility index (Phi) is 5.79. The molecule has 1 aliphatic rings. The van der Waals surface area contributed by atoms with E-state index in [1.807, 2.05) is 19.1 Å². The summed E-state index contributed by atoms with van der Waals surface area (Å²) >= 11 is 1.73. The van der Waals surface area contributed by atoms with Crippen molar-refractivity contribution in [2.75, 3.05) is 13.2 Å². The molecule has 0 N–H and O–H groups in total. The van der Waals surface area contributed by atoms with E-state index in [0.717, 1.165) is 54.0 Å². The molecule has 5 nitrogen and oxygen atoms in total. The Bertz CT molecular complexity index is 664. The van der Waals surface area contributed by atoms with Crippen LogP contribution in [0.2, 0.25) is 0 Å². The van der Waals surface area contributed by atoms with Crippen LogP contribution in [0.15, 0.2) is 23.5 Å². The highest BCUT2D eigenvalue weighted by Crippen LogP contribution is 2.26. The van der Waals surface area contributed by atoms with Gasteiger partial charge in [0.05, 0.1) is 36.8 Å². The third-order valence-electron chi connectivity index (χ3n) is 4.29. The van der Waals surface area contributed by atoms with Crippen molar-refractivity contribution in [2.45, 2.75) is 57.2 Å². The predicted octanol–water partition coefficient (Wildman–Crippen LogP) is 3.76. The molecule has 24 heavy (non-hydrogen) atoms. The van der Waals surface area contributed by atoms with Crippen LogP contribution in [0.3, 0.4) is 0 Å². The summed E-state index contributed by atoms with van der Waals surface area (Å²) in [6.45, 7) is 8.62. The highest BCUT2D eigenvalue weighted by molar-refractivity contribution is 7.98. The van der Waals surface area contributed by atoms with Gasteiger partial charge in [-0.2, -0.15) is 0 Å². The van der Waals surface area contributed by atoms with E-state index in [1.54, 1.807) is 18.0 Å². The molecule has 3 rings (SSSR count). The second-order valence-corrected chi connectivity index (χ2v) is 6.96. The van der Waals surface area contributed by atoms with Crippen LogP contribution in [-0.4, -0.2) is 33.9 Å². The van der Waals surface area contributed by atoms with Crippen molar-refractivity contribution in [3.63, 3.8) is 0 Å². The van der Waals surface area contributed by atoms with Crippen molar-refractivity contribution in [1.29, 1.82) is 0 Å². The molecule has 0 amide bonds. The Hall–Kier alpha value is -1.53. The first-order valence-corrected chi connectivity index (χ1v) is 9.51. The lowest BCUT2D eigenvalue weighted by Gasteiger charge is -2.14. The summed E-state index contributed by atoms with van der Waals surface area (Å²) in [5.74, 6) is 1.62. The Balaban J connectivity index is 1.66. The summed E-state index contributed by atoms with van der Waals surface area (Å²) in [5, 5.41) is 1.05. The van der Waals surface area contributed by atoms with Crippen LogP contribution in [0.5, 0.6) is 5.75 Å². The SMILES string of the molecule is CCOc1ccc(CSc2nc(C)c(C)n2C[C@@H]2CCCO2)nc1. The van der Waals surface area contributed by atoms with Crippen molar-refractivity contribution in [3.8, 4) is 5.75 Å². The van der Waals surface area contributed by atoms with E-state index < -0.39 is 0 Å². The number of thioether (sulfide) groups is 1. The summed E-state index contributed by atoms with van der Waals surface area (Å²) in [5.41, 5.74) is 3.35. The lowest BCUT2D eigenvalue weighted by atomic mass is 10.2. The molecule has 2 aromatic heterocycles. The standard InChI is InChI=1S/C18H25N3O2S/c1-4-22-16-8-7-15(19-10-16)12-24-18-20-13(2)14(3)21(18)11-17-6-5-9-23-17/h7-8,10,17H,4-6,9,11-12H2,1-3H3/t17-/m0/s1. The second kappa shape index (κ2) is 8.03. The molecule has 130 valence electrons. The minimum Gasteiger partial charge on any atom is -0.492 e. The Morgan fingerprint density at radius 2 is 2.25 bits per heavy atom. The summed E-state index contributed by atoms with van der Waals surface area (Å²) in [4.78, 5) is 9.20. The fourth-order valence-electron chi connectivity index (χ4n) is 2.83. The first-order valence-electron chi connectivity index (χ1n) is 8.53. The molecule has 0 saturated carbocycles. The maximum Gasteiger partial charge on any atom is 0.168 e. The monoisotopic (exact) mass is 347 g/mol. The molecular formula is C18H25N3O2S. The smallest absolute Gasteiger partial charge is 0.168 e. The van der Waals surface area contributed by atoms with Crippen LogP contribution < -0.4 is 4.74 Å². The first-order chi connectivity index (χ1) is 11.7. The summed E-state index contributed by atoms with van der Waals surface area (Å²) in [6, 6.07) is 3.99. The van der Waals surface area contributed by atoms with E-state index in [-0.39, 0.29) is 0 Å². The van der Waals surface area contributed by atoms with Crippen LogP contribution in [0.4, 0.5) is 0 Å². The summed E-state index contributed by atoms with van der Waals surface area (Å²) in [6.07, 6.45) is 4.41. The van der Waals surface area contributed by atoms with Gasteiger partial charge in [0.25, 0.3) is 0 Å². The van der Waals surface area contributed by atoms with E-state index in [4.69, 9.17) is 14.5 Å². The highest BCUT2D eigenvalue weighted by Gasteiger charge is 2.20. The molecular weight excluding hydrogens is 322 g/mol. The number of hydrogen-bond acceptors (Lipinski definition) is 5. The molecule has 3 heterocycles. The topological polar surface area (TPSA) is 49.2 Å². The van der Waals surface area contributed by atoms with Gasteiger partial charge in [-0.1, -0.05) is 11.8 Å². The molecule has 0 radical (unpaired) electrons. The van der Waals surface area contributed by atoms with Crippen LogP contribution in [0.1, 0.15) is 36.8 Å². The van der Waals surface area contributed by atoms with E-state index in [0.29, 0.717) is 12.7 Å². The maximum atomic E-state index is 5.79. The van der Waals surface area contributed by atoms with Gasteiger partial charge in [0.1, 0.15) is 5.75 Å². The zero-order chi connectivity index (χ0) is 16.9. The quantitative estimate of drug-likeness (QED) is 0.714. The van der Waals surface area contributed by atoms with Gasteiger partial charge in [-0.15, -0.1) is 0 Å². The number of aromatic nitrogens is 3. The van der Waals surface area contributed by atoms with Crippen LogP contribution in [-0.2, 0) is 17.0 Å². The van der Waals surface area contributed by atoms with Crippen LogP contribution in [0, 0.1) is 13.8 Å². The second-order valence-electron chi connectivity index (χ2n) is 6.02. The molecule has 2 aromatic rings. The number of ether oxygens (including phenoxy) is 2. The van der Waals surface area contributed by atoms with Gasteiger partial charge in [0.15, 0.2) is 5.16 Å². The average molecular weight is 347 g/mol. The zero-order valence-electron chi connectivity index (χ0n) is 14.6. The summed E-state index contributed by atoms with van der Waals surface area (Å²) < 4.78 is 13.5. The minimum atomic E-state index is 0.320. The van der Waals surface area contributed by atoms with Gasteiger partial charge < -0.3 is 14.0 Å². The molecule has 0 aliphatic carbocycles. The average Bonchev–Trinajstić information content (AvgIpc) is 3.19. The Morgan fingerprint density at radius 3 is 2.92 bits per heavy atom. The highest BCUT2D eigenvalue weighted by atomic mass is 32.2. The van der Waals surface area contributed by atoms with Crippen LogP contribution >= 0.6 is 11.8 Å². The van der Waals surface area contributed by atoms with Crippen molar-refractivity contribution >= 4 is 11.8 Å². The van der Waals surface area contributed by atoms with E-state index in [2.05, 4.69) is 23.4 Å².